The Labute approximate surface area is 135 Å². The third kappa shape index (κ3) is 2.93. The molecular weight excluding hydrogens is 354 g/mol. The van der Waals surface area contributed by atoms with Gasteiger partial charge in [-0.15, -0.1) is 0 Å². The molecule has 3 aromatic rings. The van der Waals surface area contributed by atoms with Crippen LogP contribution in [0, 0.1) is 0 Å². The Balaban J connectivity index is 1.89. The Morgan fingerprint density at radius 2 is 2.00 bits per heavy atom. The smallest absolute Gasteiger partial charge is 0.147 e. The van der Waals surface area contributed by atoms with E-state index in [1.54, 1.807) is 6.07 Å². The molecule has 0 aliphatic rings. The van der Waals surface area contributed by atoms with Crippen molar-refractivity contribution in [1.29, 1.82) is 0 Å². The Bertz CT molecular complexity index is 785. The van der Waals surface area contributed by atoms with Crippen molar-refractivity contribution in [3.63, 3.8) is 0 Å². The summed E-state index contributed by atoms with van der Waals surface area (Å²) in [6.07, 6.45) is 0. The third-order valence-corrected chi connectivity index (χ3v) is 4.04. The van der Waals surface area contributed by atoms with E-state index in [0.717, 1.165) is 26.8 Å². The van der Waals surface area contributed by atoms with Gasteiger partial charge in [-0.3, -0.25) is 0 Å². The first-order valence-electron chi connectivity index (χ1n) is 6.46. The molecule has 0 saturated carbocycles. The van der Waals surface area contributed by atoms with Crippen LogP contribution >= 0.6 is 27.5 Å². The predicted octanol–water partition coefficient (Wildman–Crippen LogP) is 4.89. The largest absolute Gasteiger partial charge is 0.484 e. The van der Waals surface area contributed by atoms with E-state index >= 15 is 0 Å². The van der Waals surface area contributed by atoms with Gasteiger partial charge in [-0.05, 0) is 24.3 Å². The molecule has 0 atom stereocenters. The number of fused-ring (bicyclic) bond motifs is 1. The third-order valence-electron chi connectivity index (χ3n) is 3.24. The van der Waals surface area contributed by atoms with Gasteiger partial charge >= 0.3 is 0 Å². The number of ether oxygens (including phenoxy) is 1. The van der Waals surface area contributed by atoms with Crippen molar-refractivity contribution in [3.8, 4) is 5.75 Å². The van der Waals surface area contributed by atoms with Gasteiger partial charge in [0.15, 0.2) is 0 Å². The van der Waals surface area contributed by atoms with Crippen LogP contribution in [0.4, 0.5) is 0 Å². The van der Waals surface area contributed by atoms with Crippen molar-refractivity contribution < 1.29 is 9.15 Å². The van der Waals surface area contributed by atoms with E-state index in [1.165, 1.54) is 0 Å². The zero-order chi connectivity index (χ0) is 14.8. The fraction of sp³-hybridized carbons (Fsp3) is 0.125. The highest BCUT2D eigenvalue weighted by molar-refractivity contribution is 9.10. The topological polar surface area (TPSA) is 48.4 Å². The van der Waals surface area contributed by atoms with Crippen LogP contribution in [0.3, 0.4) is 0 Å². The number of rotatable bonds is 4. The molecule has 0 unspecified atom stereocenters. The van der Waals surface area contributed by atoms with Crippen molar-refractivity contribution in [3.05, 3.63) is 63.3 Å². The van der Waals surface area contributed by atoms with E-state index in [9.17, 15) is 0 Å². The van der Waals surface area contributed by atoms with Gasteiger partial charge in [0.05, 0.1) is 5.02 Å². The van der Waals surface area contributed by atoms with Crippen LogP contribution in [0.5, 0.6) is 5.75 Å². The predicted molar refractivity (Wildman–Crippen MR) is 87.6 cm³/mol. The molecule has 0 bridgehead atoms. The van der Waals surface area contributed by atoms with Crippen LogP contribution in [0.15, 0.2) is 51.4 Å². The summed E-state index contributed by atoms with van der Waals surface area (Å²) in [6, 6.07) is 13.3. The normalized spacial score (nSPS) is 11.0. The minimum absolute atomic E-state index is 0.289. The van der Waals surface area contributed by atoms with Crippen molar-refractivity contribution in [2.45, 2.75) is 13.2 Å². The first-order chi connectivity index (χ1) is 10.2. The molecule has 0 fully saturated rings. The molecule has 2 N–H and O–H groups in total. The Morgan fingerprint density at radius 3 is 2.81 bits per heavy atom. The summed E-state index contributed by atoms with van der Waals surface area (Å²) in [5, 5.41) is 1.59. The lowest BCUT2D eigenvalue weighted by atomic mass is 10.1. The first kappa shape index (κ1) is 14.4. The maximum Gasteiger partial charge on any atom is 0.147 e. The summed E-state index contributed by atoms with van der Waals surface area (Å²) in [7, 11) is 0. The van der Waals surface area contributed by atoms with Gasteiger partial charge in [0, 0.05) is 22.0 Å². The number of hydrogen-bond acceptors (Lipinski definition) is 3. The summed E-state index contributed by atoms with van der Waals surface area (Å²) < 4.78 is 12.5. The fourth-order valence-corrected chi connectivity index (χ4v) is 2.73. The average Bonchev–Trinajstić information content (AvgIpc) is 2.85. The molecule has 3 rings (SSSR count). The van der Waals surface area contributed by atoms with Crippen molar-refractivity contribution in [1.82, 2.24) is 0 Å². The standard InChI is InChI=1S/C16H13BrClNO2/c17-10-5-6-13(18)15(7-10)20-9-16-12(8-19)11-3-1-2-4-14(11)21-16/h1-7H,8-9,19H2. The number of benzene rings is 2. The van der Waals surface area contributed by atoms with Gasteiger partial charge in [0.2, 0.25) is 0 Å². The summed E-state index contributed by atoms with van der Waals surface area (Å²) in [5.41, 5.74) is 7.62. The minimum Gasteiger partial charge on any atom is -0.484 e. The molecule has 0 aliphatic carbocycles. The van der Waals surface area contributed by atoms with E-state index in [0.29, 0.717) is 17.3 Å². The molecule has 108 valence electrons. The number of halogens is 2. The van der Waals surface area contributed by atoms with Gasteiger partial charge in [-0.25, -0.2) is 0 Å². The molecule has 21 heavy (non-hydrogen) atoms. The van der Waals surface area contributed by atoms with Crippen LogP contribution < -0.4 is 10.5 Å². The number of furan rings is 1. The number of para-hydroxylation sites is 1. The zero-order valence-electron chi connectivity index (χ0n) is 11.1. The van der Waals surface area contributed by atoms with Gasteiger partial charge in [-0.2, -0.15) is 0 Å². The van der Waals surface area contributed by atoms with E-state index in [1.807, 2.05) is 36.4 Å². The van der Waals surface area contributed by atoms with Crippen LogP contribution in [0.25, 0.3) is 11.0 Å². The van der Waals surface area contributed by atoms with E-state index in [4.69, 9.17) is 26.5 Å². The molecule has 0 radical (unpaired) electrons. The maximum absolute atomic E-state index is 6.11. The lowest BCUT2D eigenvalue weighted by molar-refractivity contribution is 0.272. The number of hydrogen-bond donors (Lipinski definition) is 1. The van der Waals surface area contributed by atoms with Crippen molar-refractivity contribution in [2.75, 3.05) is 0 Å². The van der Waals surface area contributed by atoms with Gasteiger partial charge in [-0.1, -0.05) is 45.7 Å². The van der Waals surface area contributed by atoms with Crippen LogP contribution in [-0.2, 0) is 13.2 Å². The Kier molecular flexibility index (Phi) is 4.19. The summed E-state index contributed by atoms with van der Waals surface area (Å²) in [5.74, 6) is 1.34. The highest BCUT2D eigenvalue weighted by Crippen LogP contribution is 2.30. The molecule has 3 nitrogen and oxygen atoms in total. The van der Waals surface area contributed by atoms with Crippen LogP contribution in [0.2, 0.25) is 5.02 Å². The minimum atomic E-state index is 0.289. The van der Waals surface area contributed by atoms with Gasteiger partial charge < -0.3 is 14.9 Å². The van der Waals surface area contributed by atoms with Crippen LogP contribution in [-0.4, -0.2) is 0 Å². The lowest BCUT2D eigenvalue weighted by Crippen LogP contribution is -2.02. The van der Waals surface area contributed by atoms with Gasteiger partial charge in [0.25, 0.3) is 0 Å². The van der Waals surface area contributed by atoms with E-state index in [2.05, 4.69) is 15.9 Å². The highest BCUT2D eigenvalue weighted by atomic mass is 79.9. The molecule has 2 aromatic carbocycles. The molecular formula is C16H13BrClNO2. The monoisotopic (exact) mass is 365 g/mol. The average molecular weight is 367 g/mol. The molecule has 5 heteroatoms. The molecule has 1 heterocycles. The summed E-state index contributed by atoms with van der Waals surface area (Å²) in [6.45, 7) is 0.694. The molecule has 0 spiro atoms. The lowest BCUT2D eigenvalue weighted by Gasteiger charge is -2.08. The number of nitrogens with two attached hydrogens (primary N) is 1. The van der Waals surface area contributed by atoms with Crippen LogP contribution in [0.1, 0.15) is 11.3 Å². The molecule has 0 amide bonds. The summed E-state index contributed by atoms with van der Waals surface area (Å²) >= 11 is 9.51. The van der Waals surface area contributed by atoms with E-state index < -0.39 is 0 Å². The second-order valence-electron chi connectivity index (χ2n) is 4.57. The second-order valence-corrected chi connectivity index (χ2v) is 5.89. The molecule has 0 aliphatic heterocycles. The van der Waals surface area contributed by atoms with Crippen molar-refractivity contribution >= 4 is 38.5 Å². The molecule has 1 aromatic heterocycles. The first-order valence-corrected chi connectivity index (χ1v) is 7.63. The van der Waals surface area contributed by atoms with E-state index in [-0.39, 0.29) is 6.61 Å². The quantitative estimate of drug-likeness (QED) is 0.715. The highest BCUT2D eigenvalue weighted by Gasteiger charge is 2.13. The fourth-order valence-electron chi connectivity index (χ4n) is 2.22. The second kappa shape index (κ2) is 6.10. The Morgan fingerprint density at radius 1 is 1.19 bits per heavy atom. The SMILES string of the molecule is NCc1c(COc2cc(Br)ccc2Cl)oc2ccccc12. The van der Waals surface area contributed by atoms with Gasteiger partial charge in [0.1, 0.15) is 23.7 Å². The Hall–Kier alpha value is -1.49. The zero-order valence-corrected chi connectivity index (χ0v) is 13.4. The summed E-state index contributed by atoms with van der Waals surface area (Å²) in [4.78, 5) is 0. The maximum atomic E-state index is 6.11. The van der Waals surface area contributed by atoms with Crippen molar-refractivity contribution in [2.24, 2.45) is 5.73 Å². The molecule has 0 saturated heterocycles.